The standard InChI is InChI=1S/C18H30N2O/c1-2-7-18(16-8-4-3-5-9-16)20-13-10-17(11-14-20)21-15-6-12-19/h3-5,8-9,17-18H,2,6-7,10-15,19H2,1H3. The summed E-state index contributed by atoms with van der Waals surface area (Å²) in [5, 5.41) is 0. The molecule has 0 spiro atoms. The van der Waals surface area contributed by atoms with Crippen LogP contribution in [-0.2, 0) is 4.74 Å². The summed E-state index contributed by atoms with van der Waals surface area (Å²) in [7, 11) is 0. The van der Waals surface area contributed by atoms with Crippen molar-refractivity contribution in [3.8, 4) is 0 Å². The first-order chi connectivity index (χ1) is 10.3. The molecule has 0 saturated carbocycles. The summed E-state index contributed by atoms with van der Waals surface area (Å²) in [6, 6.07) is 11.5. The van der Waals surface area contributed by atoms with Gasteiger partial charge in [0, 0.05) is 25.7 Å². The molecule has 1 atom stereocenters. The van der Waals surface area contributed by atoms with Crippen LogP contribution >= 0.6 is 0 Å². The van der Waals surface area contributed by atoms with Crippen LogP contribution in [-0.4, -0.2) is 37.2 Å². The Morgan fingerprint density at radius 3 is 2.57 bits per heavy atom. The van der Waals surface area contributed by atoms with Crippen LogP contribution in [0.1, 0.15) is 50.6 Å². The second kappa shape index (κ2) is 9.19. The van der Waals surface area contributed by atoms with Crippen LogP contribution in [0.3, 0.4) is 0 Å². The van der Waals surface area contributed by atoms with Crippen LogP contribution in [0.25, 0.3) is 0 Å². The Hall–Kier alpha value is -0.900. The van der Waals surface area contributed by atoms with Crippen molar-refractivity contribution in [3.63, 3.8) is 0 Å². The molecular formula is C18H30N2O. The molecule has 2 N–H and O–H groups in total. The summed E-state index contributed by atoms with van der Waals surface area (Å²) >= 11 is 0. The molecule has 0 radical (unpaired) electrons. The van der Waals surface area contributed by atoms with Gasteiger partial charge in [0.15, 0.2) is 0 Å². The summed E-state index contributed by atoms with van der Waals surface area (Å²) < 4.78 is 5.91. The molecule has 21 heavy (non-hydrogen) atoms. The lowest BCUT2D eigenvalue weighted by Gasteiger charge is -2.37. The first-order valence-corrected chi connectivity index (χ1v) is 8.45. The van der Waals surface area contributed by atoms with E-state index in [1.54, 1.807) is 0 Å². The Bertz CT molecular complexity index is 374. The molecule has 1 aromatic rings. The lowest BCUT2D eigenvalue weighted by molar-refractivity contribution is -0.00350. The van der Waals surface area contributed by atoms with E-state index >= 15 is 0 Å². The minimum atomic E-state index is 0.436. The molecule has 1 fully saturated rings. The van der Waals surface area contributed by atoms with E-state index in [2.05, 4.69) is 42.2 Å². The van der Waals surface area contributed by atoms with Crippen molar-refractivity contribution in [3.05, 3.63) is 35.9 Å². The van der Waals surface area contributed by atoms with Crippen molar-refractivity contribution in [1.29, 1.82) is 0 Å². The number of ether oxygens (including phenoxy) is 1. The van der Waals surface area contributed by atoms with Crippen LogP contribution in [0.15, 0.2) is 30.3 Å². The quantitative estimate of drug-likeness (QED) is 0.746. The van der Waals surface area contributed by atoms with Gasteiger partial charge in [-0.1, -0.05) is 43.7 Å². The maximum absolute atomic E-state index is 5.91. The van der Waals surface area contributed by atoms with E-state index in [9.17, 15) is 0 Å². The number of nitrogens with two attached hydrogens (primary N) is 1. The molecule has 0 bridgehead atoms. The summed E-state index contributed by atoms with van der Waals surface area (Å²) in [5.41, 5.74) is 6.98. The number of hydrogen-bond acceptors (Lipinski definition) is 3. The van der Waals surface area contributed by atoms with Gasteiger partial charge < -0.3 is 10.5 Å². The van der Waals surface area contributed by atoms with Crippen LogP contribution in [0.2, 0.25) is 0 Å². The van der Waals surface area contributed by atoms with E-state index in [0.29, 0.717) is 12.1 Å². The van der Waals surface area contributed by atoms with E-state index in [-0.39, 0.29) is 0 Å². The molecule has 1 unspecified atom stereocenters. The molecule has 3 heteroatoms. The average molecular weight is 290 g/mol. The second-order valence-electron chi connectivity index (χ2n) is 5.96. The molecule has 1 aliphatic rings. The summed E-state index contributed by atoms with van der Waals surface area (Å²) in [5.74, 6) is 0. The molecule has 0 amide bonds. The van der Waals surface area contributed by atoms with Crippen molar-refractivity contribution in [2.75, 3.05) is 26.2 Å². The van der Waals surface area contributed by atoms with E-state index in [1.807, 2.05) is 0 Å². The smallest absolute Gasteiger partial charge is 0.0599 e. The fourth-order valence-electron chi connectivity index (χ4n) is 3.20. The lowest BCUT2D eigenvalue weighted by Crippen LogP contribution is -2.39. The Labute approximate surface area is 129 Å². The van der Waals surface area contributed by atoms with Crippen LogP contribution in [0.4, 0.5) is 0 Å². The number of hydrogen-bond donors (Lipinski definition) is 1. The fraction of sp³-hybridized carbons (Fsp3) is 0.667. The largest absolute Gasteiger partial charge is 0.378 e. The summed E-state index contributed by atoms with van der Waals surface area (Å²) in [4.78, 5) is 2.64. The highest BCUT2D eigenvalue weighted by Gasteiger charge is 2.25. The zero-order chi connectivity index (χ0) is 14.9. The molecule has 2 rings (SSSR count). The Morgan fingerprint density at radius 1 is 1.24 bits per heavy atom. The van der Waals surface area contributed by atoms with Crippen molar-refractivity contribution < 1.29 is 4.74 Å². The van der Waals surface area contributed by atoms with E-state index in [0.717, 1.165) is 45.5 Å². The Morgan fingerprint density at radius 2 is 1.95 bits per heavy atom. The highest BCUT2D eigenvalue weighted by Crippen LogP contribution is 2.29. The van der Waals surface area contributed by atoms with Crippen LogP contribution < -0.4 is 5.73 Å². The summed E-state index contributed by atoms with van der Waals surface area (Å²) in [6.45, 7) is 6.11. The van der Waals surface area contributed by atoms with Gasteiger partial charge in [0.1, 0.15) is 0 Å². The highest BCUT2D eigenvalue weighted by atomic mass is 16.5. The molecule has 118 valence electrons. The third-order valence-electron chi connectivity index (χ3n) is 4.37. The van der Waals surface area contributed by atoms with Gasteiger partial charge in [-0.25, -0.2) is 0 Å². The molecule has 0 aromatic heterocycles. The SMILES string of the molecule is CCCC(c1ccccc1)N1CCC(OCCCN)CC1. The number of rotatable bonds is 8. The van der Waals surface area contributed by atoms with Gasteiger partial charge in [0.25, 0.3) is 0 Å². The summed E-state index contributed by atoms with van der Waals surface area (Å²) in [6.07, 6.45) is 6.18. The van der Waals surface area contributed by atoms with Crippen LogP contribution in [0, 0.1) is 0 Å². The van der Waals surface area contributed by atoms with Gasteiger partial charge in [0.05, 0.1) is 6.10 Å². The number of nitrogens with zero attached hydrogens (tertiary/aromatic N) is 1. The van der Waals surface area contributed by atoms with Crippen molar-refractivity contribution in [1.82, 2.24) is 4.90 Å². The zero-order valence-electron chi connectivity index (χ0n) is 13.3. The first kappa shape index (κ1) is 16.5. The minimum absolute atomic E-state index is 0.436. The van der Waals surface area contributed by atoms with Gasteiger partial charge in [-0.2, -0.15) is 0 Å². The van der Waals surface area contributed by atoms with Crippen LogP contribution in [0.5, 0.6) is 0 Å². The van der Waals surface area contributed by atoms with E-state index in [1.165, 1.54) is 18.4 Å². The average Bonchev–Trinajstić information content (AvgIpc) is 2.54. The first-order valence-electron chi connectivity index (χ1n) is 8.45. The van der Waals surface area contributed by atoms with E-state index in [4.69, 9.17) is 10.5 Å². The van der Waals surface area contributed by atoms with Gasteiger partial charge in [-0.15, -0.1) is 0 Å². The number of benzene rings is 1. The third-order valence-corrected chi connectivity index (χ3v) is 4.37. The third kappa shape index (κ3) is 5.10. The Balaban J connectivity index is 1.86. The highest BCUT2D eigenvalue weighted by molar-refractivity contribution is 5.19. The number of likely N-dealkylation sites (tertiary alicyclic amines) is 1. The molecular weight excluding hydrogens is 260 g/mol. The minimum Gasteiger partial charge on any atom is -0.378 e. The van der Waals surface area contributed by atoms with Crippen molar-refractivity contribution in [2.45, 2.75) is 51.2 Å². The van der Waals surface area contributed by atoms with Gasteiger partial charge in [-0.3, -0.25) is 4.90 Å². The predicted molar refractivity (Wildman–Crippen MR) is 88.3 cm³/mol. The second-order valence-corrected chi connectivity index (χ2v) is 5.96. The molecule has 0 aliphatic carbocycles. The molecule has 3 nitrogen and oxygen atoms in total. The van der Waals surface area contributed by atoms with Crippen molar-refractivity contribution >= 4 is 0 Å². The van der Waals surface area contributed by atoms with Gasteiger partial charge in [0.2, 0.25) is 0 Å². The van der Waals surface area contributed by atoms with Crippen molar-refractivity contribution in [2.24, 2.45) is 5.73 Å². The van der Waals surface area contributed by atoms with E-state index < -0.39 is 0 Å². The fourth-order valence-corrected chi connectivity index (χ4v) is 3.20. The molecule has 1 aliphatic heterocycles. The topological polar surface area (TPSA) is 38.5 Å². The number of piperidine rings is 1. The molecule has 1 aromatic carbocycles. The monoisotopic (exact) mass is 290 g/mol. The zero-order valence-corrected chi connectivity index (χ0v) is 13.3. The maximum atomic E-state index is 5.91. The van der Waals surface area contributed by atoms with Gasteiger partial charge >= 0.3 is 0 Å². The lowest BCUT2D eigenvalue weighted by atomic mass is 9.97. The molecule has 1 saturated heterocycles. The van der Waals surface area contributed by atoms with Gasteiger partial charge in [-0.05, 0) is 37.8 Å². The maximum Gasteiger partial charge on any atom is 0.0599 e. The Kier molecular flexibility index (Phi) is 7.20. The normalized spacial score (nSPS) is 18.8. The molecule has 1 heterocycles. The predicted octanol–water partition coefficient (Wildman–Crippen LogP) is 3.36.